The van der Waals surface area contributed by atoms with Gasteiger partial charge in [0.05, 0.1) is 0 Å². The highest BCUT2D eigenvalue weighted by Crippen LogP contribution is 2.05. The molecule has 0 radical (unpaired) electrons. The second kappa shape index (κ2) is 6.95. The number of aromatic nitrogens is 2. The third-order valence-electron chi connectivity index (χ3n) is 1.98. The van der Waals surface area contributed by atoms with E-state index in [-0.39, 0.29) is 6.42 Å². The third kappa shape index (κ3) is 4.88. The molecule has 0 unspecified atom stereocenters. The van der Waals surface area contributed by atoms with Gasteiger partial charge in [-0.15, -0.1) is 0 Å². The van der Waals surface area contributed by atoms with Crippen LogP contribution in [0.2, 0.25) is 0 Å². The Labute approximate surface area is 93.6 Å². The van der Waals surface area contributed by atoms with Gasteiger partial charge < -0.3 is 14.4 Å². The summed E-state index contributed by atoms with van der Waals surface area (Å²) in [7, 11) is 0. The van der Waals surface area contributed by atoms with Crippen LogP contribution in [-0.2, 0) is 22.6 Å². The van der Waals surface area contributed by atoms with E-state index < -0.39 is 5.97 Å². The Hall–Kier alpha value is -1.43. The molecule has 1 aromatic heterocycles. The standard InChI is InChI=1S/C10H16N2O4/c1-2-15-7-8-11-9(16-12-8)5-3-4-6-10(13)14/h2-7H2,1H3,(H,13,14). The molecular weight excluding hydrogens is 212 g/mol. The van der Waals surface area contributed by atoms with E-state index in [4.69, 9.17) is 14.4 Å². The van der Waals surface area contributed by atoms with Crippen LogP contribution in [0.15, 0.2) is 4.52 Å². The summed E-state index contributed by atoms with van der Waals surface area (Å²) in [4.78, 5) is 14.4. The van der Waals surface area contributed by atoms with E-state index in [0.29, 0.717) is 37.8 Å². The molecule has 0 atom stereocenters. The maximum atomic E-state index is 10.3. The van der Waals surface area contributed by atoms with E-state index in [1.807, 2.05) is 6.92 Å². The molecule has 6 nitrogen and oxygen atoms in total. The Bertz CT molecular complexity index is 324. The van der Waals surface area contributed by atoms with Crippen LogP contribution in [-0.4, -0.2) is 27.8 Å². The van der Waals surface area contributed by atoms with Crippen LogP contribution in [0.1, 0.15) is 37.9 Å². The van der Waals surface area contributed by atoms with Crippen LogP contribution in [0.3, 0.4) is 0 Å². The number of aryl methyl sites for hydroxylation is 1. The van der Waals surface area contributed by atoms with Crippen molar-refractivity contribution >= 4 is 5.97 Å². The second-order valence-corrected chi connectivity index (χ2v) is 3.34. The first-order chi connectivity index (χ1) is 7.72. The molecule has 0 saturated carbocycles. The zero-order chi connectivity index (χ0) is 11.8. The zero-order valence-corrected chi connectivity index (χ0v) is 9.31. The molecule has 6 heteroatoms. The molecule has 0 fully saturated rings. The zero-order valence-electron chi connectivity index (χ0n) is 9.31. The summed E-state index contributed by atoms with van der Waals surface area (Å²) in [6, 6.07) is 0. The molecule has 0 bridgehead atoms. The number of hydrogen-bond donors (Lipinski definition) is 1. The normalized spacial score (nSPS) is 10.6. The molecule has 0 aromatic carbocycles. The minimum Gasteiger partial charge on any atom is -0.481 e. The van der Waals surface area contributed by atoms with Crippen LogP contribution in [0.25, 0.3) is 0 Å². The highest BCUT2D eigenvalue weighted by molar-refractivity contribution is 5.66. The van der Waals surface area contributed by atoms with Crippen molar-refractivity contribution in [3.8, 4) is 0 Å². The molecule has 0 spiro atoms. The smallest absolute Gasteiger partial charge is 0.303 e. The molecule has 1 aromatic rings. The van der Waals surface area contributed by atoms with Crippen molar-refractivity contribution in [3.05, 3.63) is 11.7 Å². The molecule has 0 amide bonds. The third-order valence-corrected chi connectivity index (χ3v) is 1.98. The molecule has 1 heterocycles. The summed E-state index contributed by atoms with van der Waals surface area (Å²) in [6.45, 7) is 2.87. The molecule has 1 N–H and O–H groups in total. The Morgan fingerprint density at radius 1 is 1.50 bits per heavy atom. The maximum Gasteiger partial charge on any atom is 0.303 e. The van der Waals surface area contributed by atoms with E-state index in [9.17, 15) is 4.79 Å². The minimum absolute atomic E-state index is 0.180. The van der Waals surface area contributed by atoms with Gasteiger partial charge >= 0.3 is 5.97 Å². The molecule has 0 saturated heterocycles. The van der Waals surface area contributed by atoms with E-state index >= 15 is 0 Å². The van der Waals surface area contributed by atoms with Gasteiger partial charge in [0, 0.05) is 19.4 Å². The highest BCUT2D eigenvalue weighted by atomic mass is 16.5. The van der Waals surface area contributed by atoms with Crippen molar-refractivity contribution in [2.75, 3.05) is 6.61 Å². The number of carboxylic acids is 1. The summed E-state index contributed by atoms with van der Waals surface area (Å²) in [5.41, 5.74) is 0. The van der Waals surface area contributed by atoms with Crippen LogP contribution in [0, 0.1) is 0 Å². The lowest BCUT2D eigenvalue weighted by Gasteiger charge is -1.93. The topological polar surface area (TPSA) is 85.5 Å². The summed E-state index contributed by atoms with van der Waals surface area (Å²) < 4.78 is 10.1. The average molecular weight is 228 g/mol. The number of hydrogen-bond acceptors (Lipinski definition) is 5. The fourth-order valence-corrected chi connectivity index (χ4v) is 1.20. The Morgan fingerprint density at radius 3 is 3.00 bits per heavy atom. The fourth-order valence-electron chi connectivity index (χ4n) is 1.20. The molecule has 16 heavy (non-hydrogen) atoms. The van der Waals surface area contributed by atoms with Gasteiger partial charge in [-0.25, -0.2) is 0 Å². The SMILES string of the molecule is CCOCc1noc(CCCCC(=O)O)n1. The van der Waals surface area contributed by atoms with Gasteiger partial charge in [0.25, 0.3) is 0 Å². The van der Waals surface area contributed by atoms with Crippen molar-refractivity contribution in [1.82, 2.24) is 10.1 Å². The van der Waals surface area contributed by atoms with Crippen LogP contribution < -0.4 is 0 Å². The maximum absolute atomic E-state index is 10.3. The number of unbranched alkanes of at least 4 members (excludes halogenated alkanes) is 1. The Balaban J connectivity index is 2.21. The molecule has 0 aliphatic rings. The predicted octanol–water partition coefficient (Wildman–Crippen LogP) is 1.40. The van der Waals surface area contributed by atoms with Crippen molar-refractivity contribution in [2.24, 2.45) is 0 Å². The van der Waals surface area contributed by atoms with Crippen LogP contribution in [0.4, 0.5) is 0 Å². The van der Waals surface area contributed by atoms with Gasteiger partial charge in [-0.05, 0) is 19.8 Å². The number of ether oxygens (including phenoxy) is 1. The lowest BCUT2D eigenvalue weighted by Crippen LogP contribution is -1.96. The lowest BCUT2D eigenvalue weighted by molar-refractivity contribution is -0.137. The van der Waals surface area contributed by atoms with Crippen LogP contribution >= 0.6 is 0 Å². The highest BCUT2D eigenvalue weighted by Gasteiger charge is 2.06. The van der Waals surface area contributed by atoms with Crippen molar-refractivity contribution in [2.45, 2.75) is 39.2 Å². The summed E-state index contributed by atoms with van der Waals surface area (Å²) in [6.07, 6.45) is 2.16. The lowest BCUT2D eigenvalue weighted by atomic mass is 10.2. The summed E-state index contributed by atoms with van der Waals surface area (Å²) >= 11 is 0. The number of nitrogens with zero attached hydrogens (tertiary/aromatic N) is 2. The largest absolute Gasteiger partial charge is 0.481 e. The van der Waals surface area contributed by atoms with E-state index in [2.05, 4.69) is 10.1 Å². The minimum atomic E-state index is -0.775. The van der Waals surface area contributed by atoms with E-state index in [0.717, 1.165) is 6.42 Å². The van der Waals surface area contributed by atoms with Gasteiger partial charge in [0.1, 0.15) is 6.61 Å². The molecule has 1 rings (SSSR count). The van der Waals surface area contributed by atoms with Gasteiger partial charge in [0.2, 0.25) is 5.89 Å². The van der Waals surface area contributed by atoms with Gasteiger partial charge in [0.15, 0.2) is 5.82 Å². The molecular formula is C10H16N2O4. The quantitative estimate of drug-likeness (QED) is 0.677. The van der Waals surface area contributed by atoms with Gasteiger partial charge in [-0.3, -0.25) is 4.79 Å². The summed E-state index contributed by atoms with van der Waals surface area (Å²) in [5.74, 6) is 0.303. The van der Waals surface area contributed by atoms with Gasteiger partial charge in [-0.2, -0.15) is 4.98 Å². The molecule has 0 aliphatic heterocycles. The monoisotopic (exact) mass is 228 g/mol. The first-order valence-electron chi connectivity index (χ1n) is 5.33. The Morgan fingerprint density at radius 2 is 2.31 bits per heavy atom. The number of carbonyl (C=O) groups is 1. The number of aliphatic carboxylic acids is 1. The molecule has 0 aliphatic carbocycles. The summed E-state index contributed by atoms with van der Waals surface area (Å²) in [5, 5.41) is 12.2. The van der Waals surface area contributed by atoms with Crippen molar-refractivity contribution < 1.29 is 19.2 Å². The molecule has 90 valence electrons. The van der Waals surface area contributed by atoms with E-state index in [1.54, 1.807) is 0 Å². The van der Waals surface area contributed by atoms with E-state index in [1.165, 1.54) is 0 Å². The first-order valence-corrected chi connectivity index (χ1v) is 5.33. The van der Waals surface area contributed by atoms with Crippen LogP contribution in [0.5, 0.6) is 0 Å². The second-order valence-electron chi connectivity index (χ2n) is 3.34. The van der Waals surface area contributed by atoms with Crippen molar-refractivity contribution in [3.63, 3.8) is 0 Å². The average Bonchev–Trinajstić information content (AvgIpc) is 2.69. The van der Waals surface area contributed by atoms with Gasteiger partial charge in [-0.1, -0.05) is 5.16 Å². The Kier molecular flexibility index (Phi) is 5.49. The first kappa shape index (κ1) is 12.6. The number of rotatable bonds is 8. The predicted molar refractivity (Wildman–Crippen MR) is 54.8 cm³/mol. The van der Waals surface area contributed by atoms with Crippen molar-refractivity contribution in [1.29, 1.82) is 0 Å². The fraction of sp³-hybridized carbons (Fsp3) is 0.700. The number of carboxylic acid groups (broad SMARTS) is 1.